The van der Waals surface area contributed by atoms with Crippen molar-refractivity contribution in [1.29, 1.82) is 0 Å². The lowest BCUT2D eigenvalue weighted by Crippen LogP contribution is -2.36. The number of ether oxygens (including phenoxy) is 1. The van der Waals surface area contributed by atoms with Gasteiger partial charge < -0.3 is 15.6 Å². The molecule has 0 saturated heterocycles. The molecule has 0 aromatic rings. The summed E-state index contributed by atoms with van der Waals surface area (Å²) in [6, 6.07) is -1.07. The molecule has 0 aromatic carbocycles. The fraction of sp³-hybridized carbons (Fsp3) is 0.875. The van der Waals surface area contributed by atoms with Gasteiger partial charge in [-0.05, 0) is 19.8 Å². The van der Waals surface area contributed by atoms with E-state index in [-0.39, 0.29) is 12.5 Å². The highest BCUT2D eigenvalue weighted by Crippen LogP contribution is 2.12. The van der Waals surface area contributed by atoms with Crippen molar-refractivity contribution in [3.63, 3.8) is 0 Å². The minimum Gasteiger partial charge on any atom is -0.481 e. The summed E-state index contributed by atoms with van der Waals surface area (Å²) < 4.78 is 5.15. The number of hydrogen-bond donors (Lipinski definition) is 2. The first kappa shape index (κ1) is 19.9. The maximum absolute atomic E-state index is 11.5. The highest BCUT2D eigenvalue weighted by Gasteiger charge is 2.20. The van der Waals surface area contributed by atoms with E-state index in [1.54, 1.807) is 0 Å². The van der Waals surface area contributed by atoms with Crippen molar-refractivity contribution in [2.45, 2.75) is 90.2 Å². The summed E-state index contributed by atoms with van der Waals surface area (Å²) in [5.74, 6) is -1.71. The monoisotopic (exact) mass is 301 g/mol. The number of aliphatic carboxylic acids is 1. The molecule has 3 N–H and O–H groups in total. The molecule has 0 aromatic heterocycles. The maximum Gasteiger partial charge on any atom is 0.323 e. The van der Waals surface area contributed by atoms with E-state index in [0.717, 1.165) is 19.3 Å². The van der Waals surface area contributed by atoms with Gasteiger partial charge in [-0.1, -0.05) is 51.9 Å². The summed E-state index contributed by atoms with van der Waals surface area (Å²) >= 11 is 0. The molecule has 5 nitrogen and oxygen atoms in total. The minimum atomic E-state index is -1.09. The van der Waals surface area contributed by atoms with E-state index >= 15 is 0 Å². The molecule has 0 radical (unpaired) electrons. The Morgan fingerprint density at radius 2 is 1.57 bits per heavy atom. The molecule has 0 bridgehead atoms. The number of rotatable bonds is 13. The van der Waals surface area contributed by atoms with Gasteiger partial charge in [-0.25, -0.2) is 0 Å². The van der Waals surface area contributed by atoms with Gasteiger partial charge in [-0.3, -0.25) is 9.59 Å². The zero-order chi connectivity index (χ0) is 16.1. The molecule has 0 saturated carbocycles. The number of carboxylic acids is 1. The standard InChI is InChI=1S/C16H31NO4/c1-3-4-5-6-7-8-9-10-11-13(2)21-16(20)14(17)12-15(18)19/h13-14H,3-12,17H2,1-2H3,(H,18,19)/t13?,14-/m0/s1. The summed E-state index contributed by atoms with van der Waals surface area (Å²) in [5, 5.41) is 8.56. The summed E-state index contributed by atoms with van der Waals surface area (Å²) in [7, 11) is 0. The Morgan fingerprint density at radius 3 is 2.10 bits per heavy atom. The third-order valence-corrected chi connectivity index (χ3v) is 3.48. The van der Waals surface area contributed by atoms with Crippen LogP contribution in [0.2, 0.25) is 0 Å². The Hall–Kier alpha value is -1.10. The SMILES string of the molecule is CCCCCCCCCCC(C)OC(=O)[C@@H](N)CC(=O)O. The Kier molecular flexibility index (Phi) is 12.0. The smallest absolute Gasteiger partial charge is 0.323 e. The summed E-state index contributed by atoms with van der Waals surface area (Å²) in [4.78, 5) is 22.0. The Morgan fingerprint density at radius 1 is 1.05 bits per heavy atom. The molecule has 0 amide bonds. The molecule has 0 aliphatic heterocycles. The predicted molar refractivity (Wildman–Crippen MR) is 83.0 cm³/mol. The van der Waals surface area contributed by atoms with Crippen molar-refractivity contribution in [3.8, 4) is 0 Å². The van der Waals surface area contributed by atoms with E-state index in [2.05, 4.69) is 6.92 Å². The van der Waals surface area contributed by atoms with Gasteiger partial charge in [0.2, 0.25) is 0 Å². The Labute approximate surface area is 128 Å². The Balaban J connectivity index is 3.55. The second kappa shape index (κ2) is 12.6. The highest BCUT2D eigenvalue weighted by molar-refractivity contribution is 5.81. The summed E-state index contributed by atoms with van der Waals surface area (Å²) in [5.41, 5.74) is 5.45. The van der Waals surface area contributed by atoms with Crippen molar-refractivity contribution in [2.24, 2.45) is 5.73 Å². The average Bonchev–Trinajstić information content (AvgIpc) is 2.41. The number of carbonyl (C=O) groups excluding carboxylic acids is 1. The molecular formula is C16H31NO4. The molecular weight excluding hydrogens is 270 g/mol. The zero-order valence-electron chi connectivity index (χ0n) is 13.5. The quantitative estimate of drug-likeness (QED) is 0.402. The molecule has 21 heavy (non-hydrogen) atoms. The van der Waals surface area contributed by atoms with Gasteiger partial charge >= 0.3 is 11.9 Å². The van der Waals surface area contributed by atoms with Gasteiger partial charge in [-0.2, -0.15) is 0 Å². The maximum atomic E-state index is 11.5. The second-order valence-electron chi connectivity index (χ2n) is 5.72. The summed E-state index contributed by atoms with van der Waals surface area (Å²) in [6.45, 7) is 4.04. The lowest BCUT2D eigenvalue weighted by molar-refractivity contribution is -0.153. The molecule has 1 unspecified atom stereocenters. The van der Waals surface area contributed by atoms with Crippen molar-refractivity contribution in [3.05, 3.63) is 0 Å². The van der Waals surface area contributed by atoms with E-state index in [1.165, 1.54) is 38.5 Å². The first-order valence-corrected chi connectivity index (χ1v) is 8.15. The van der Waals surface area contributed by atoms with Crippen LogP contribution in [0, 0.1) is 0 Å². The van der Waals surface area contributed by atoms with Crippen LogP contribution >= 0.6 is 0 Å². The normalized spacial score (nSPS) is 13.7. The van der Waals surface area contributed by atoms with Crippen LogP contribution < -0.4 is 5.73 Å². The molecule has 2 atom stereocenters. The fourth-order valence-electron chi connectivity index (χ4n) is 2.18. The fourth-order valence-corrected chi connectivity index (χ4v) is 2.18. The average molecular weight is 301 g/mol. The lowest BCUT2D eigenvalue weighted by Gasteiger charge is -2.15. The molecule has 0 fully saturated rings. The van der Waals surface area contributed by atoms with Gasteiger partial charge in [0, 0.05) is 0 Å². The number of nitrogens with two attached hydrogens (primary N) is 1. The Bertz CT molecular complexity index is 294. The van der Waals surface area contributed by atoms with Crippen LogP contribution in [-0.2, 0) is 14.3 Å². The van der Waals surface area contributed by atoms with Crippen LogP contribution in [0.4, 0.5) is 0 Å². The van der Waals surface area contributed by atoms with Crippen LogP contribution in [0.25, 0.3) is 0 Å². The van der Waals surface area contributed by atoms with Crippen LogP contribution in [0.1, 0.15) is 78.1 Å². The van der Waals surface area contributed by atoms with Crippen molar-refractivity contribution in [1.82, 2.24) is 0 Å². The number of carbonyl (C=O) groups is 2. The van der Waals surface area contributed by atoms with E-state index in [1.807, 2.05) is 6.92 Å². The van der Waals surface area contributed by atoms with Gasteiger partial charge in [0.1, 0.15) is 6.04 Å². The largest absolute Gasteiger partial charge is 0.481 e. The minimum absolute atomic E-state index is 0.197. The number of hydrogen-bond acceptors (Lipinski definition) is 4. The molecule has 0 rings (SSSR count). The third kappa shape index (κ3) is 12.4. The predicted octanol–water partition coefficient (Wildman–Crippen LogP) is 3.25. The molecule has 0 aliphatic carbocycles. The second-order valence-corrected chi connectivity index (χ2v) is 5.72. The van der Waals surface area contributed by atoms with Crippen molar-refractivity contribution >= 4 is 11.9 Å². The topological polar surface area (TPSA) is 89.6 Å². The molecule has 5 heteroatoms. The summed E-state index contributed by atoms with van der Waals surface area (Å²) in [6.07, 6.45) is 10.1. The first-order chi connectivity index (χ1) is 9.97. The van der Waals surface area contributed by atoms with Crippen LogP contribution in [-0.4, -0.2) is 29.2 Å². The van der Waals surface area contributed by atoms with Gasteiger partial charge in [0.15, 0.2) is 0 Å². The van der Waals surface area contributed by atoms with E-state index < -0.39 is 18.0 Å². The van der Waals surface area contributed by atoms with E-state index in [9.17, 15) is 9.59 Å². The third-order valence-electron chi connectivity index (χ3n) is 3.48. The van der Waals surface area contributed by atoms with Crippen molar-refractivity contribution < 1.29 is 19.4 Å². The van der Waals surface area contributed by atoms with Gasteiger partial charge in [0.05, 0.1) is 12.5 Å². The molecule has 0 spiro atoms. The van der Waals surface area contributed by atoms with Crippen LogP contribution in [0.3, 0.4) is 0 Å². The lowest BCUT2D eigenvalue weighted by atomic mass is 10.1. The molecule has 0 heterocycles. The number of esters is 1. The van der Waals surface area contributed by atoms with Crippen LogP contribution in [0.15, 0.2) is 0 Å². The number of carboxylic acid groups (broad SMARTS) is 1. The highest BCUT2D eigenvalue weighted by atomic mass is 16.5. The first-order valence-electron chi connectivity index (χ1n) is 8.15. The van der Waals surface area contributed by atoms with E-state index in [4.69, 9.17) is 15.6 Å². The van der Waals surface area contributed by atoms with Crippen LogP contribution in [0.5, 0.6) is 0 Å². The van der Waals surface area contributed by atoms with Gasteiger partial charge in [0.25, 0.3) is 0 Å². The van der Waals surface area contributed by atoms with Gasteiger partial charge in [-0.15, -0.1) is 0 Å². The van der Waals surface area contributed by atoms with Crippen molar-refractivity contribution in [2.75, 3.05) is 0 Å². The zero-order valence-corrected chi connectivity index (χ0v) is 13.5. The molecule has 124 valence electrons. The molecule has 0 aliphatic rings. The number of unbranched alkanes of at least 4 members (excludes halogenated alkanes) is 7. The van der Waals surface area contributed by atoms with E-state index in [0.29, 0.717) is 0 Å².